The first-order chi connectivity index (χ1) is 23.2. The standard InChI is InChI=1S/C30H35N3O15/c1-32-30(31)33-46-27-26(39-6-2-5-34)22(12-41-24(37)10-23(35)36)45-29(38)28(27)48-47-14-3-4-18-16(7-14)25-17(11-40-18)15-8-20-21(43-13-42-20)9-19(15)44-25/h3-4,7-9,17,22,25-29,34,38H,2,5-6,10-13H2,1H3,(H,35,36)(H3,31,32,33). The minimum absolute atomic E-state index is 0.00197. The number of esters is 1. The van der Waals surface area contributed by atoms with E-state index in [0.717, 1.165) is 5.56 Å². The van der Waals surface area contributed by atoms with E-state index in [1.807, 2.05) is 6.07 Å². The summed E-state index contributed by atoms with van der Waals surface area (Å²) in [6, 6.07) is 8.68. The first-order valence-electron chi connectivity index (χ1n) is 15.0. The van der Waals surface area contributed by atoms with Crippen LogP contribution >= 0.6 is 0 Å². The van der Waals surface area contributed by atoms with Crippen molar-refractivity contribution in [3.8, 4) is 28.7 Å². The lowest BCUT2D eigenvalue weighted by atomic mass is 9.89. The monoisotopic (exact) mass is 677 g/mol. The van der Waals surface area contributed by atoms with Gasteiger partial charge in [0.2, 0.25) is 12.8 Å². The topological polar surface area (TPSA) is 238 Å². The van der Waals surface area contributed by atoms with E-state index in [0.29, 0.717) is 35.2 Å². The molecule has 18 nitrogen and oxygen atoms in total. The van der Waals surface area contributed by atoms with Crippen LogP contribution in [0.15, 0.2) is 35.3 Å². The van der Waals surface area contributed by atoms with Crippen molar-refractivity contribution in [2.45, 2.75) is 55.6 Å². The number of aliphatic hydroxyl groups is 2. The number of ether oxygens (including phenoxy) is 7. The number of carbonyl (C=O) groups excluding carboxylic acids is 1. The summed E-state index contributed by atoms with van der Waals surface area (Å²) in [6.45, 7) is -0.172. The summed E-state index contributed by atoms with van der Waals surface area (Å²) >= 11 is 0. The molecule has 0 radical (unpaired) electrons. The molecule has 0 bridgehead atoms. The smallest absolute Gasteiger partial charge is 0.317 e. The molecule has 0 aliphatic carbocycles. The number of hydrogen-bond donors (Lipinski definition) is 5. The summed E-state index contributed by atoms with van der Waals surface area (Å²) in [7, 11) is 1.41. The minimum Gasteiger partial charge on any atom is -0.492 e. The zero-order valence-corrected chi connectivity index (χ0v) is 25.6. The number of carboxylic acid groups (broad SMARTS) is 1. The Hall–Kier alpha value is -4.59. The van der Waals surface area contributed by atoms with Gasteiger partial charge in [0.15, 0.2) is 29.6 Å². The summed E-state index contributed by atoms with van der Waals surface area (Å²) in [5.74, 6) is 0.0506. The molecule has 2 aromatic rings. The molecule has 260 valence electrons. The van der Waals surface area contributed by atoms with Crippen molar-refractivity contribution in [1.29, 1.82) is 0 Å². The number of guanidine groups is 1. The van der Waals surface area contributed by atoms with Crippen molar-refractivity contribution >= 4 is 17.9 Å². The second kappa shape index (κ2) is 14.7. The van der Waals surface area contributed by atoms with Crippen LogP contribution in [0, 0.1) is 0 Å². The van der Waals surface area contributed by atoms with Gasteiger partial charge in [-0.3, -0.25) is 19.4 Å². The fraction of sp³-hybridized carbons (Fsp3) is 0.500. The molecule has 7 atom stereocenters. The number of rotatable bonds is 13. The molecule has 48 heavy (non-hydrogen) atoms. The molecule has 0 amide bonds. The van der Waals surface area contributed by atoms with Gasteiger partial charge in [-0.25, -0.2) is 5.48 Å². The van der Waals surface area contributed by atoms with Crippen molar-refractivity contribution < 1.29 is 72.7 Å². The third-order valence-corrected chi connectivity index (χ3v) is 7.95. The Morgan fingerprint density at radius 1 is 1.04 bits per heavy atom. The second-order valence-corrected chi connectivity index (χ2v) is 11.1. The van der Waals surface area contributed by atoms with Crippen molar-refractivity contribution in [3.05, 3.63) is 41.5 Å². The van der Waals surface area contributed by atoms with Gasteiger partial charge < -0.3 is 59.1 Å². The number of carbonyl (C=O) groups is 2. The third-order valence-electron chi connectivity index (χ3n) is 7.95. The number of aliphatic hydroxyl groups excluding tert-OH is 2. The molecule has 4 aliphatic heterocycles. The lowest BCUT2D eigenvalue weighted by Gasteiger charge is -2.42. The van der Waals surface area contributed by atoms with Gasteiger partial charge in [0.05, 0.1) is 12.5 Å². The van der Waals surface area contributed by atoms with Crippen LogP contribution in [0.4, 0.5) is 0 Å². The molecule has 7 unspecified atom stereocenters. The SMILES string of the molecule is CN=C(N)NOC1C(OOc2ccc3c(c2)C2Oc4cc5c(cc4C2CO3)OCO5)C(O)OC(COC(=O)CC(=O)O)C1OCCCO. The number of carboxylic acids is 1. The van der Waals surface area contributed by atoms with Crippen molar-refractivity contribution in [3.63, 3.8) is 0 Å². The molecule has 2 aromatic carbocycles. The van der Waals surface area contributed by atoms with Crippen molar-refractivity contribution in [2.24, 2.45) is 10.7 Å². The van der Waals surface area contributed by atoms with Crippen LogP contribution in [-0.4, -0.2) is 104 Å². The predicted molar refractivity (Wildman–Crippen MR) is 157 cm³/mol. The second-order valence-electron chi connectivity index (χ2n) is 11.1. The van der Waals surface area contributed by atoms with E-state index < -0.39 is 61.8 Å². The van der Waals surface area contributed by atoms with Gasteiger partial charge >= 0.3 is 11.9 Å². The lowest BCUT2D eigenvalue weighted by Crippen LogP contribution is -2.63. The van der Waals surface area contributed by atoms with E-state index in [1.165, 1.54) is 7.05 Å². The number of aliphatic carboxylic acids is 1. The first kappa shape index (κ1) is 33.3. The van der Waals surface area contributed by atoms with E-state index in [-0.39, 0.29) is 44.1 Å². The van der Waals surface area contributed by atoms with Crippen LogP contribution in [-0.2, 0) is 33.5 Å². The summed E-state index contributed by atoms with van der Waals surface area (Å²) in [5.41, 5.74) is 9.82. The van der Waals surface area contributed by atoms with E-state index in [2.05, 4.69) is 10.5 Å². The Bertz CT molecular complexity index is 1520. The Morgan fingerprint density at radius 2 is 1.85 bits per heavy atom. The van der Waals surface area contributed by atoms with Crippen LogP contribution in [0.5, 0.6) is 28.7 Å². The number of hydroxylamine groups is 1. The van der Waals surface area contributed by atoms with E-state index in [9.17, 15) is 19.8 Å². The number of nitrogens with zero attached hydrogens (tertiary/aromatic N) is 1. The zero-order valence-electron chi connectivity index (χ0n) is 25.6. The van der Waals surface area contributed by atoms with Gasteiger partial charge in [-0.15, -0.1) is 0 Å². The van der Waals surface area contributed by atoms with Crippen molar-refractivity contribution in [1.82, 2.24) is 5.48 Å². The van der Waals surface area contributed by atoms with E-state index >= 15 is 0 Å². The molecule has 6 N–H and O–H groups in total. The number of nitrogens with one attached hydrogen (secondary N) is 1. The Labute approximate surface area is 273 Å². The molecular formula is C30H35N3O15. The Kier molecular flexibility index (Phi) is 10.2. The van der Waals surface area contributed by atoms with Crippen LogP contribution in [0.2, 0.25) is 0 Å². The molecule has 4 aliphatic rings. The van der Waals surface area contributed by atoms with Gasteiger partial charge in [0.25, 0.3) is 0 Å². The lowest BCUT2D eigenvalue weighted by molar-refractivity contribution is -0.376. The highest BCUT2D eigenvalue weighted by atomic mass is 17.2. The molecule has 6 rings (SSSR count). The average molecular weight is 678 g/mol. The molecule has 0 saturated carbocycles. The average Bonchev–Trinajstić information content (AvgIpc) is 3.68. The fourth-order valence-electron chi connectivity index (χ4n) is 5.67. The number of aliphatic imine (C=N–C) groups is 1. The maximum Gasteiger partial charge on any atom is 0.317 e. The summed E-state index contributed by atoms with van der Waals surface area (Å²) in [4.78, 5) is 43.7. The normalized spacial score (nSPS) is 26.7. The quantitative estimate of drug-likeness (QED) is 0.0358. The predicted octanol–water partition coefficient (Wildman–Crippen LogP) is 0.0410. The molecule has 0 spiro atoms. The molecule has 4 heterocycles. The number of fused-ring (bicyclic) bond motifs is 6. The molecule has 1 fully saturated rings. The molecule has 1 saturated heterocycles. The van der Waals surface area contributed by atoms with Gasteiger partial charge in [-0.1, -0.05) is 0 Å². The highest BCUT2D eigenvalue weighted by molar-refractivity contribution is 5.90. The van der Waals surface area contributed by atoms with E-state index in [4.69, 9.17) is 58.6 Å². The minimum atomic E-state index is -1.73. The number of hydrogen-bond acceptors (Lipinski definition) is 15. The summed E-state index contributed by atoms with van der Waals surface area (Å²) in [5, 5.41) is 29.2. The zero-order chi connectivity index (χ0) is 33.8. The summed E-state index contributed by atoms with van der Waals surface area (Å²) in [6.07, 6.45) is -7.74. The van der Waals surface area contributed by atoms with Gasteiger partial charge in [0.1, 0.15) is 48.9 Å². The van der Waals surface area contributed by atoms with Crippen LogP contribution < -0.4 is 35.0 Å². The molecule has 18 heteroatoms. The Morgan fingerprint density at radius 3 is 2.62 bits per heavy atom. The van der Waals surface area contributed by atoms with Crippen LogP contribution in [0.1, 0.15) is 36.0 Å². The van der Waals surface area contributed by atoms with Crippen molar-refractivity contribution in [2.75, 3.05) is 40.3 Å². The first-order valence-corrected chi connectivity index (χ1v) is 15.0. The van der Waals surface area contributed by atoms with E-state index in [1.54, 1.807) is 24.3 Å². The molecule has 0 aromatic heterocycles. The number of benzene rings is 2. The highest BCUT2D eigenvalue weighted by Gasteiger charge is 2.50. The fourth-order valence-corrected chi connectivity index (χ4v) is 5.67. The maximum atomic E-state index is 11.9. The third kappa shape index (κ3) is 7.13. The van der Waals surface area contributed by atoms with Gasteiger partial charge in [-0.05, 0) is 30.7 Å². The molecular weight excluding hydrogens is 642 g/mol. The van der Waals surface area contributed by atoms with Gasteiger partial charge in [-0.2, -0.15) is 4.89 Å². The Balaban J connectivity index is 1.19. The van der Waals surface area contributed by atoms with Crippen LogP contribution in [0.3, 0.4) is 0 Å². The summed E-state index contributed by atoms with van der Waals surface area (Å²) < 4.78 is 40.0. The maximum absolute atomic E-state index is 11.9. The van der Waals surface area contributed by atoms with Crippen LogP contribution in [0.25, 0.3) is 0 Å². The van der Waals surface area contributed by atoms with Gasteiger partial charge in [0, 0.05) is 37.5 Å². The number of nitrogens with two attached hydrogens (primary N) is 1. The largest absolute Gasteiger partial charge is 0.492 e. The highest BCUT2D eigenvalue weighted by Crippen LogP contribution is 2.54.